The molecule has 2 heterocycles. The fraction of sp³-hybridized carbons (Fsp3) is 0.500. The highest BCUT2D eigenvalue weighted by atomic mass is 79.9. The highest BCUT2D eigenvalue weighted by Gasteiger charge is 2.49. The van der Waals surface area contributed by atoms with E-state index in [9.17, 15) is 14.7 Å². The maximum absolute atomic E-state index is 12.0. The molecule has 0 radical (unpaired) electrons. The van der Waals surface area contributed by atoms with Gasteiger partial charge in [-0.3, -0.25) is 4.79 Å². The third-order valence-electron chi connectivity index (χ3n) is 3.36. The molecule has 2 aliphatic rings. The maximum atomic E-state index is 12.0. The second-order valence-corrected chi connectivity index (χ2v) is 5.53. The predicted molar refractivity (Wildman–Crippen MR) is 66.4 cm³/mol. The van der Waals surface area contributed by atoms with Crippen LogP contribution >= 0.6 is 15.9 Å². The van der Waals surface area contributed by atoms with Crippen molar-refractivity contribution < 1.29 is 23.8 Å². The van der Waals surface area contributed by atoms with Gasteiger partial charge in [-0.05, 0) is 34.8 Å². The van der Waals surface area contributed by atoms with E-state index in [0.717, 1.165) is 12.8 Å². The van der Waals surface area contributed by atoms with E-state index >= 15 is 0 Å². The monoisotopic (exact) mass is 329 g/mol. The van der Waals surface area contributed by atoms with Crippen LogP contribution in [0.15, 0.2) is 21.2 Å². The van der Waals surface area contributed by atoms with E-state index in [1.165, 1.54) is 6.26 Å². The van der Waals surface area contributed by atoms with E-state index in [1.807, 2.05) is 0 Å². The average molecular weight is 330 g/mol. The number of rotatable bonds is 3. The summed E-state index contributed by atoms with van der Waals surface area (Å²) in [5, 5.41) is 9.28. The molecule has 7 heteroatoms. The zero-order valence-electron chi connectivity index (χ0n) is 9.91. The van der Waals surface area contributed by atoms with Crippen molar-refractivity contribution in [2.75, 3.05) is 6.61 Å². The normalized spacial score (nSPS) is 27.6. The number of nitrogens with zero attached hydrogens (tertiary/aromatic N) is 1. The zero-order valence-corrected chi connectivity index (χ0v) is 11.5. The molecule has 6 nitrogen and oxygen atoms in total. The largest absolute Gasteiger partial charge is 0.479 e. The lowest BCUT2D eigenvalue weighted by molar-refractivity contribution is -0.175. The lowest BCUT2D eigenvalue weighted by Crippen LogP contribution is -2.52. The molecular weight excluding hydrogens is 318 g/mol. The maximum Gasteiger partial charge on any atom is 0.335 e. The summed E-state index contributed by atoms with van der Waals surface area (Å²) in [5.41, 5.74) is 0. The van der Waals surface area contributed by atoms with Crippen molar-refractivity contribution in [2.24, 2.45) is 0 Å². The molecule has 0 spiro atoms. The van der Waals surface area contributed by atoms with Crippen LogP contribution in [0.2, 0.25) is 0 Å². The summed E-state index contributed by atoms with van der Waals surface area (Å²) in [4.78, 5) is 25.0. The van der Waals surface area contributed by atoms with Gasteiger partial charge in [0.15, 0.2) is 6.10 Å². The van der Waals surface area contributed by atoms with Gasteiger partial charge in [0.2, 0.25) is 5.91 Å². The number of carboxylic acid groups (broad SMARTS) is 1. The summed E-state index contributed by atoms with van der Waals surface area (Å²) in [5.74, 6) is -0.855. The van der Waals surface area contributed by atoms with Crippen molar-refractivity contribution in [3.05, 3.63) is 22.6 Å². The topological polar surface area (TPSA) is 80.0 Å². The van der Waals surface area contributed by atoms with Crippen LogP contribution in [0.5, 0.6) is 0 Å². The molecule has 1 saturated carbocycles. The quantitative estimate of drug-likeness (QED) is 0.910. The van der Waals surface area contributed by atoms with Crippen LogP contribution in [0.3, 0.4) is 0 Å². The van der Waals surface area contributed by atoms with Gasteiger partial charge in [0.25, 0.3) is 0 Å². The smallest absolute Gasteiger partial charge is 0.335 e. The lowest BCUT2D eigenvalue weighted by atomic mass is 10.0. The van der Waals surface area contributed by atoms with Crippen LogP contribution < -0.4 is 0 Å². The van der Waals surface area contributed by atoms with Crippen molar-refractivity contribution in [3.63, 3.8) is 0 Å². The minimum Gasteiger partial charge on any atom is -0.479 e. The Labute approximate surface area is 117 Å². The summed E-state index contributed by atoms with van der Waals surface area (Å²) in [7, 11) is 0. The number of halogens is 1. The SMILES string of the molecule is O=C(O)C1OCC(=O)N(C2CC2)C1c1occc1Br. The summed E-state index contributed by atoms with van der Waals surface area (Å²) < 4.78 is 11.2. The molecule has 1 aromatic rings. The highest BCUT2D eigenvalue weighted by Crippen LogP contribution is 2.41. The van der Waals surface area contributed by atoms with Gasteiger partial charge in [0.05, 0.1) is 10.7 Å². The van der Waals surface area contributed by atoms with Crippen molar-refractivity contribution >= 4 is 27.8 Å². The van der Waals surface area contributed by atoms with Gasteiger partial charge >= 0.3 is 5.97 Å². The number of aliphatic carboxylic acids is 1. The standard InChI is InChI=1S/C12H12BrNO5/c13-7-3-4-18-10(7)9-11(12(16)17)19-5-8(15)14(9)6-1-2-6/h3-4,6,9,11H,1-2,5H2,(H,16,17). The third-order valence-corrected chi connectivity index (χ3v) is 4.01. The molecule has 1 aliphatic heterocycles. The molecule has 1 aliphatic carbocycles. The van der Waals surface area contributed by atoms with Crippen LogP contribution in [0.1, 0.15) is 24.6 Å². The first-order chi connectivity index (χ1) is 9.09. The fourth-order valence-corrected chi connectivity index (χ4v) is 2.83. The molecule has 1 aromatic heterocycles. The molecule has 0 aromatic carbocycles. The zero-order chi connectivity index (χ0) is 13.6. The number of furan rings is 1. The minimum absolute atomic E-state index is 0.0975. The summed E-state index contributed by atoms with van der Waals surface area (Å²) >= 11 is 3.32. The number of amides is 1. The van der Waals surface area contributed by atoms with Crippen molar-refractivity contribution in [1.82, 2.24) is 4.90 Å². The molecular formula is C12H12BrNO5. The van der Waals surface area contributed by atoms with Crippen molar-refractivity contribution in [3.8, 4) is 0 Å². The number of carboxylic acids is 1. The van der Waals surface area contributed by atoms with E-state index < -0.39 is 18.1 Å². The van der Waals surface area contributed by atoms with Crippen LogP contribution in [0, 0.1) is 0 Å². The Bertz CT molecular complexity index is 524. The first-order valence-corrected chi connectivity index (χ1v) is 6.77. The second kappa shape index (κ2) is 4.64. The summed E-state index contributed by atoms with van der Waals surface area (Å²) in [6.07, 6.45) is 2.16. The highest BCUT2D eigenvalue weighted by molar-refractivity contribution is 9.10. The predicted octanol–water partition coefficient (Wildman–Crippen LogP) is 1.56. The first kappa shape index (κ1) is 12.7. The van der Waals surface area contributed by atoms with Gasteiger partial charge in [-0.25, -0.2) is 4.79 Å². The first-order valence-electron chi connectivity index (χ1n) is 5.98. The van der Waals surface area contributed by atoms with Crippen LogP contribution in [-0.2, 0) is 14.3 Å². The Morgan fingerprint density at radius 2 is 2.21 bits per heavy atom. The molecule has 1 saturated heterocycles. The number of hydrogen-bond acceptors (Lipinski definition) is 4. The van der Waals surface area contributed by atoms with Gasteiger partial charge in [-0.1, -0.05) is 0 Å². The van der Waals surface area contributed by atoms with Gasteiger partial charge in [-0.15, -0.1) is 0 Å². The molecule has 102 valence electrons. The van der Waals surface area contributed by atoms with Crippen molar-refractivity contribution in [2.45, 2.75) is 31.0 Å². The molecule has 1 N–H and O–H groups in total. The third kappa shape index (κ3) is 2.17. The Kier molecular flexibility index (Phi) is 3.10. The van der Waals surface area contributed by atoms with E-state index in [-0.39, 0.29) is 18.6 Å². The molecule has 2 unspecified atom stereocenters. The van der Waals surface area contributed by atoms with Crippen LogP contribution in [0.4, 0.5) is 0 Å². The molecule has 3 rings (SSSR count). The van der Waals surface area contributed by atoms with Crippen LogP contribution in [-0.4, -0.2) is 40.6 Å². The summed E-state index contributed by atoms with van der Waals surface area (Å²) in [6, 6.07) is 1.06. The number of carbonyl (C=O) groups excluding carboxylic acids is 1. The molecule has 2 fully saturated rings. The molecule has 0 bridgehead atoms. The molecule has 2 atom stereocenters. The van der Waals surface area contributed by atoms with E-state index in [4.69, 9.17) is 9.15 Å². The minimum atomic E-state index is -1.10. The Hall–Kier alpha value is -1.34. The Morgan fingerprint density at radius 1 is 1.47 bits per heavy atom. The fourth-order valence-electron chi connectivity index (χ4n) is 2.40. The van der Waals surface area contributed by atoms with Gasteiger partial charge in [0.1, 0.15) is 18.4 Å². The number of ether oxygens (including phenoxy) is 1. The number of hydrogen-bond donors (Lipinski definition) is 1. The number of carbonyl (C=O) groups is 2. The molecule has 1 amide bonds. The van der Waals surface area contributed by atoms with E-state index in [0.29, 0.717) is 10.2 Å². The molecule has 19 heavy (non-hydrogen) atoms. The van der Waals surface area contributed by atoms with Crippen LogP contribution in [0.25, 0.3) is 0 Å². The number of morpholine rings is 1. The lowest BCUT2D eigenvalue weighted by Gasteiger charge is -2.38. The van der Waals surface area contributed by atoms with Gasteiger partial charge in [-0.2, -0.15) is 0 Å². The van der Waals surface area contributed by atoms with Gasteiger partial charge < -0.3 is 19.2 Å². The second-order valence-electron chi connectivity index (χ2n) is 4.68. The summed E-state index contributed by atoms with van der Waals surface area (Å²) in [6.45, 7) is -0.192. The Balaban J connectivity index is 2.02. The van der Waals surface area contributed by atoms with E-state index in [2.05, 4.69) is 15.9 Å². The Morgan fingerprint density at radius 3 is 2.74 bits per heavy atom. The van der Waals surface area contributed by atoms with Gasteiger partial charge in [0, 0.05) is 6.04 Å². The van der Waals surface area contributed by atoms with E-state index in [1.54, 1.807) is 11.0 Å². The van der Waals surface area contributed by atoms with Crippen molar-refractivity contribution in [1.29, 1.82) is 0 Å². The average Bonchev–Trinajstić information content (AvgIpc) is 3.10.